The van der Waals surface area contributed by atoms with Gasteiger partial charge in [0.05, 0.1) is 5.56 Å². The van der Waals surface area contributed by atoms with Crippen LogP contribution in [0.2, 0.25) is 0 Å². The third kappa shape index (κ3) is 3.15. The first kappa shape index (κ1) is 10.7. The minimum Gasteiger partial charge on any atom is -0.320 e. The van der Waals surface area contributed by atoms with Gasteiger partial charge in [-0.1, -0.05) is 17.7 Å². The number of hydrogen-bond donors (Lipinski definition) is 1. The number of carbonyl (C=O) groups excluding carboxylic acids is 1. The van der Waals surface area contributed by atoms with Gasteiger partial charge in [0.15, 0.2) is 0 Å². The fraction of sp³-hybridized carbons (Fsp3) is 0.125. The second-order valence-corrected chi connectivity index (χ2v) is 3.69. The summed E-state index contributed by atoms with van der Waals surface area (Å²) in [6, 6.07) is 6.06. The third-order valence-corrected chi connectivity index (χ3v) is 1.83. The lowest BCUT2D eigenvalue weighted by Crippen LogP contribution is -2.11. The van der Waals surface area contributed by atoms with E-state index in [9.17, 15) is 13.2 Å². The van der Waals surface area contributed by atoms with Crippen molar-refractivity contribution in [2.45, 2.75) is 6.92 Å². The minimum atomic E-state index is -4.73. The van der Waals surface area contributed by atoms with Gasteiger partial charge in [0.1, 0.15) is 0 Å². The van der Waals surface area contributed by atoms with Crippen molar-refractivity contribution in [3.05, 3.63) is 35.4 Å². The van der Waals surface area contributed by atoms with Gasteiger partial charge in [-0.3, -0.25) is 4.55 Å². The van der Waals surface area contributed by atoms with E-state index in [1.54, 1.807) is 12.1 Å². The Kier molecular flexibility index (Phi) is 2.87. The zero-order valence-electron chi connectivity index (χ0n) is 7.30. The summed E-state index contributed by atoms with van der Waals surface area (Å²) in [5.74, 6) is -1.10. The molecule has 14 heavy (non-hydrogen) atoms. The van der Waals surface area contributed by atoms with Crippen molar-refractivity contribution in [3.63, 3.8) is 0 Å². The molecule has 0 heterocycles. The molecule has 1 rings (SSSR count). The van der Waals surface area contributed by atoms with Crippen molar-refractivity contribution >= 4 is 16.4 Å². The molecule has 0 radical (unpaired) electrons. The van der Waals surface area contributed by atoms with Gasteiger partial charge in [0, 0.05) is 0 Å². The van der Waals surface area contributed by atoms with Crippen molar-refractivity contribution in [2.75, 3.05) is 0 Å². The first-order chi connectivity index (χ1) is 6.38. The molecule has 0 saturated carbocycles. The summed E-state index contributed by atoms with van der Waals surface area (Å²) in [6.45, 7) is 1.82. The molecule has 0 unspecified atom stereocenters. The van der Waals surface area contributed by atoms with E-state index >= 15 is 0 Å². The fourth-order valence-electron chi connectivity index (χ4n) is 0.833. The van der Waals surface area contributed by atoms with Crippen LogP contribution in [0.3, 0.4) is 0 Å². The lowest BCUT2D eigenvalue weighted by molar-refractivity contribution is 0.0727. The number of aryl methyl sites for hydroxylation is 1. The highest BCUT2D eigenvalue weighted by atomic mass is 32.3. The molecular formula is C8H8O5S. The Morgan fingerprint density at radius 3 is 2.21 bits per heavy atom. The highest BCUT2D eigenvalue weighted by Gasteiger charge is 2.14. The highest BCUT2D eigenvalue weighted by molar-refractivity contribution is 7.81. The molecule has 76 valence electrons. The van der Waals surface area contributed by atoms with Crippen LogP contribution in [0.1, 0.15) is 15.9 Å². The summed E-state index contributed by atoms with van der Waals surface area (Å²) in [5, 5.41) is 0. The Hall–Kier alpha value is -1.40. The van der Waals surface area contributed by atoms with Gasteiger partial charge in [-0.15, -0.1) is 0 Å². The first-order valence-corrected chi connectivity index (χ1v) is 5.03. The molecule has 0 fully saturated rings. The van der Waals surface area contributed by atoms with Gasteiger partial charge >= 0.3 is 16.4 Å². The predicted octanol–water partition coefficient (Wildman–Crippen LogP) is 0.955. The van der Waals surface area contributed by atoms with Crippen LogP contribution in [0.4, 0.5) is 0 Å². The highest BCUT2D eigenvalue weighted by Crippen LogP contribution is 2.05. The van der Waals surface area contributed by atoms with E-state index in [2.05, 4.69) is 4.18 Å². The van der Waals surface area contributed by atoms with Crippen LogP contribution in [0.15, 0.2) is 24.3 Å². The molecule has 0 bridgehead atoms. The molecule has 0 saturated heterocycles. The topological polar surface area (TPSA) is 80.7 Å². The summed E-state index contributed by atoms with van der Waals surface area (Å²) in [5.41, 5.74) is 0.988. The summed E-state index contributed by atoms with van der Waals surface area (Å²) in [7, 11) is -4.73. The Morgan fingerprint density at radius 1 is 1.29 bits per heavy atom. The fourth-order valence-corrected chi connectivity index (χ4v) is 1.12. The van der Waals surface area contributed by atoms with Crippen molar-refractivity contribution in [1.82, 2.24) is 0 Å². The van der Waals surface area contributed by atoms with Crippen LogP contribution in [0.5, 0.6) is 0 Å². The molecule has 5 nitrogen and oxygen atoms in total. The van der Waals surface area contributed by atoms with Gasteiger partial charge in [-0.05, 0) is 19.1 Å². The summed E-state index contributed by atoms with van der Waals surface area (Å²) < 4.78 is 32.4. The largest absolute Gasteiger partial charge is 0.449 e. The van der Waals surface area contributed by atoms with Gasteiger partial charge in [-0.2, -0.15) is 8.42 Å². The van der Waals surface area contributed by atoms with Crippen LogP contribution in [0, 0.1) is 6.92 Å². The summed E-state index contributed by atoms with van der Waals surface area (Å²) >= 11 is 0. The smallest absolute Gasteiger partial charge is 0.320 e. The minimum absolute atomic E-state index is 0.0632. The monoisotopic (exact) mass is 216 g/mol. The van der Waals surface area contributed by atoms with Crippen LogP contribution in [-0.2, 0) is 14.6 Å². The van der Waals surface area contributed by atoms with Gasteiger partial charge in [0.2, 0.25) is 0 Å². The van der Waals surface area contributed by atoms with Crippen LogP contribution in [0.25, 0.3) is 0 Å². The van der Waals surface area contributed by atoms with Crippen molar-refractivity contribution < 1.29 is 21.9 Å². The molecule has 1 N–H and O–H groups in total. The van der Waals surface area contributed by atoms with Crippen molar-refractivity contribution in [1.29, 1.82) is 0 Å². The molecule has 6 heteroatoms. The lowest BCUT2D eigenvalue weighted by atomic mass is 10.2. The maximum Gasteiger partial charge on any atom is 0.449 e. The maximum atomic E-state index is 11.0. The van der Waals surface area contributed by atoms with Gasteiger partial charge in [0.25, 0.3) is 0 Å². The zero-order valence-corrected chi connectivity index (χ0v) is 8.11. The molecular weight excluding hydrogens is 208 g/mol. The third-order valence-electron chi connectivity index (χ3n) is 1.47. The van der Waals surface area contributed by atoms with Crippen LogP contribution in [-0.4, -0.2) is 18.9 Å². The summed E-state index contributed by atoms with van der Waals surface area (Å²) in [6.07, 6.45) is 0. The lowest BCUT2D eigenvalue weighted by Gasteiger charge is -1.99. The molecule has 0 atom stereocenters. The molecule has 1 aromatic carbocycles. The second-order valence-electron chi connectivity index (χ2n) is 2.66. The van der Waals surface area contributed by atoms with E-state index in [4.69, 9.17) is 4.55 Å². The first-order valence-electron chi connectivity index (χ1n) is 3.66. The number of rotatable bonds is 2. The predicted molar refractivity (Wildman–Crippen MR) is 48.1 cm³/mol. The van der Waals surface area contributed by atoms with E-state index < -0.39 is 16.4 Å². The Balaban J connectivity index is 2.86. The molecule has 0 aliphatic rings. The molecule has 0 spiro atoms. The Bertz CT molecular complexity index is 431. The molecule has 0 aliphatic heterocycles. The average molecular weight is 216 g/mol. The summed E-state index contributed by atoms with van der Waals surface area (Å²) in [4.78, 5) is 11.0. The number of benzene rings is 1. The van der Waals surface area contributed by atoms with E-state index in [1.165, 1.54) is 12.1 Å². The van der Waals surface area contributed by atoms with E-state index in [0.717, 1.165) is 5.56 Å². The average Bonchev–Trinajstić information content (AvgIpc) is 2.02. The molecule has 0 aromatic heterocycles. The number of carbonyl (C=O) groups is 1. The second kappa shape index (κ2) is 3.77. The van der Waals surface area contributed by atoms with Gasteiger partial charge < -0.3 is 4.18 Å². The van der Waals surface area contributed by atoms with Crippen molar-refractivity contribution in [3.8, 4) is 0 Å². The van der Waals surface area contributed by atoms with E-state index in [1.807, 2.05) is 6.92 Å². The SMILES string of the molecule is Cc1ccc(C(=O)OS(=O)(=O)O)cc1. The zero-order chi connectivity index (χ0) is 10.8. The van der Waals surface area contributed by atoms with E-state index in [-0.39, 0.29) is 5.56 Å². The maximum absolute atomic E-state index is 11.0. The van der Waals surface area contributed by atoms with E-state index in [0.29, 0.717) is 0 Å². The van der Waals surface area contributed by atoms with Crippen LogP contribution < -0.4 is 0 Å². The Morgan fingerprint density at radius 2 is 1.79 bits per heavy atom. The molecule has 0 amide bonds. The van der Waals surface area contributed by atoms with Crippen LogP contribution >= 0.6 is 0 Å². The molecule has 1 aromatic rings. The van der Waals surface area contributed by atoms with Gasteiger partial charge in [-0.25, -0.2) is 4.79 Å². The number of hydrogen-bond acceptors (Lipinski definition) is 4. The van der Waals surface area contributed by atoms with Crippen molar-refractivity contribution in [2.24, 2.45) is 0 Å². The Labute approximate surface area is 81.3 Å². The molecule has 0 aliphatic carbocycles. The standard InChI is InChI=1S/C8H8O5S/c1-6-2-4-7(5-3-6)8(9)13-14(10,11)12/h2-5H,1H3,(H,10,11,12). The quantitative estimate of drug-likeness (QED) is 0.744. The normalized spacial score (nSPS) is 11.0.